The predicted molar refractivity (Wildman–Crippen MR) is 102 cm³/mol. The van der Waals surface area contributed by atoms with E-state index < -0.39 is 0 Å². The predicted octanol–water partition coefficient (Wildman–Crippen LogP) is 5.17. The minimum absolute atomic E-state index is 0.174. The van der Waals surface area contributed by atoms with Crippen LogP contribution in [0.25, 0.3) is 11.1 Å². The number of ether oxygens (including phenoxy) is 1. The number of carbonyl (C=O) groups excluding carboxylic acids is 1. The van der Waals surface area contributed by atoms with Crippen molar-refractivity contribution in [1.29, 1.82) is 0 Å². The summed E-state index contributed by atoms with van der Waals surface area (Å²) in [5, 5.41) is 2.99. The average Bonchev–Trinajstić information content (AvgIpc) is 2.67. The van der Waals surface area contributed by atoms with Gasteiger partial charge in [0.1, 0.15) is 12.4 Å². The van der Waals surface area contributed by atoms with Gasteiger partial charge in [0, 0.05) is 16.8 Å². The average molecular weight is 329 g/mol. The fourth-order valence-corrected chi connectivity index (χ4v) is 2.54. The Kier molecular flexibility index (Phi) is 5.27. The highest BCUT2D eigenvalue weighted by Crippen LogP contribution is 2.28. The Morgan fingerprint density at radius 2 is 1.72 bits per heavy atom. The molecule has 0 unspecified atom stereocenters. The molecule has 0 radical (unpaired) electrons. The standard InChI is InChI=1S/C22H19NO2/c1-2-15-25-19-12-8-11-18(16-19)22(24)23-21-14-7-6-13-20(21)17-9-4-3-5-10-17/h2-14,16H,1,15H2,(H,23,24). The lowest BCUT2D eigenvalue weighted by atomic mass is 10.0. The molecular weight excluding hydrogens is 310 g/mol. The third-order valence-electron chi connectivity index (χ3n) is 3.72. The van der Waals surface area contributed by atoms with Crippen molar-refractivity contribution in [3.8, 4) is 16.9 Å². The molecule has 0 spiro atoms. The molecule has 1 amide bonds. The summed E-state index contributed by atoms with van der Waals surface area (Å²) in [5.74, 6) is 0.469. The van der Waals surface area contributed by atoms with E-state index in [2.05, 4.69) is 11.9 Å². The van der Waals surface area contributed by atoms with E-state index >= 15 is 0 Å². The minimum atomic E-state index is -0.174. The Bertz CT molecular complexity index is 872. The van der Waals surface area contributed by atoms with Crippen LogP contribution >= 0.6 is 0 Å². The quantitative estimate of drug-likeness (QED) is 0.634. The summed E-state index contributed by atoms with van der Waals surface area (Å²) in [4.78, 5) is 12.6. The highest BCUT2D eigenvalue weighted by molar-refractivity contribution is 6.06. The topological polar surface area (TPSA) is 38.3 Å². The second-order valence-electron chi connectivity index (χ2n) is 5.49. The van der Waals surface area contributed by atoms with Gasteiger partial charge in [-0.3, -0.25) is 4.79 Å². The van der Waals surface area contributed by atoms with Crippen LogP contribution in [0.5, 0.6) is 5.75 Å². The molecule has 3 aromatic rings. The Morgan fingerprint density at radius 1 is 0.960 bits per heavy atom. The van der Waals surface area contributed by atoms with Crippen molar-refractivity contribution in [3.05, 3.63) is 97.1 Å². The van der Waals surface area contributed by atoms with Gasteiger partial charge in [0.15, 0.2) is 0 Å². The summed E-state index contributed by atoms with van der Waals surface area (Å²) in [6.45, 7) is 4.03. The Morgan fingerprint density at radius 3 is 2.52 bits per heavy atom. The summed E-state index contributed by atoms with van der Waals surface area (Å²) in [6, 6.07) is 24.9. The van der Waals surface area contributed by atoms with Crippen molar-refractivity contribution in [3.63, 3.8) is 0 Å². The van der Waals surface area contributed by atoms with Gasteiger partial charge in [-0.25, -0.2) is 0 Å². The third kappa shape index (κ3) is 4.15. The van der Waals surface area contributed by atoms with Crippen LogP contribution in [0.4, 0.5) is 5.69 Å². The lowest BCUT2D eigenvalue weighted by Gasteiger charge is -2.12. The van der Waals surface area contributed by atoms with Crippen LogP contribution in [0.2, 0.25) is 0 Å². The van der Waals surface area contributed by atoms with Gasteiger partial charge in [0.05, 0.1) is 0 Å². The van der Waals surface area contributed by atoms with E-state index in [9.17, 15) is 4.79 Å². The van der Waals surface area contributed by atoms with Crippen molar-refractivity contribution in [2.75, 3.05) is 11.9 Å². The Hall–Kier alpha value is -3.33. The molecular formula is C22H19NO2. The van der Waals surface area contributed by atoms with Gasteiger partial charge < -0.3 is 10.1 Å². The van der Waals surface area contributed by atoms with Crippen LogP contribution < -0.4 is 10.1 Å². The van der Waals surface area contributed by atoms with Gasteiger partial charge in [-0.2, -0.15) is 0 Å². The molecule has 3 aromatic carbocycles. The van der Waals surface area contributed by atoms with E-state index in [-0.39, 0.29) is 5.91 Å². The van der Waals surface area contributed by atoms with E-state index in [1.807, 2.05) is 60.7 Å². The van der Waals surface area contributed by atoms with Crippen molar-refractivity contribution < 1.29 is 9.53 Å². The summed E-state index contributed by atoms with van der Waals surface area (Å²) in [7, 11) is 0. The Labute approximate surface area is 147 Å². The number of rotatable bonds is 6. The van der Waals surface area contributed by atoms with Gasteiger partial charge in [-0.1, -0.05) is 67.3 Å². The number of benzene rings is 3. The maximum atomic E-state index is 12.6. The third-order valence-corrected chi connectivity index (χ3v) is 3.72. The largest absolute Gasteiger partial charge is 0.490 e. The molecule has 0 heterocycles. The zero-order chi connectivity index (χ0) is 17.5. The van der Waals surface area contributed by atoms with Gasteiger partial charge in [-0.05, 0) is 29.8 Å². The van der Waals surface area contributed by atoms with E-state index in [1.165, 1.54) is 0 Å². The fraction of sp³-hybridized carbons (Fsp3) is 0.0455. The van der Waals surface area contributed by atoms with Crippen LogP contribution in [0.3, 0.4) is 0 Å². The van der Waals surface area contributed by atoms with E-state index in [0.717, 1.165) is 16.8 Å². The molecule has 3 heteroatoms. The number of anilines is 1. The summed E-state index contributed by atoms with van der Waals surface area (Å²) in [6.07, 6.45) is 1.67. The summed E-state index contributed by atoms with van der Waals surface area (Å²) < 4.78 is 5.49. The molecule has 25 heavy (non-hydrogen) atoms. The number of carbonyl (C=O) groups is 1. The molecule has 0 aliphatic carbocycles. The number of hydrogen-bond acceptors (Lipinski definition) is 2. The molecule has 0 fully saturated rings. The first-order valence-electron chi connectivity index (χ1n) is 8.07. The van der Waals surface area contributed by atoms with Crippen LogP contribution in [-0.2, 0) is 0 Å². The monoisotopic (exact) mass is 329 g/mol. The lowest BCUT2D eigenvalue weighted by molar-refractivity contribution is 0.102. The first kappa shape index (κ1) is 16.5. The van der Waals surface area contributed by atoms with Gasteiger partial charge in [0.25, 0.3) is 5.91 Å². The lowest BCUT2D eigenvalue weighted by Crippen LogP contribution is -2.12. The fourth-order valence-electron chi connectivity index (χ4n) is 2.54. The molecule has 0 aromatic heterocycles. The molecule has 0 bridgehead atoms. The summed E-state index contributed by atoms with van der Waals surface area (Å²) >= 11 is 0. The van der Waals surface area contributed by atoms with E-state index in [4.69, 9.17) is 4.74 Å². The summed E-state index contributed by atoms with van der Waals surface area (Å²) in [5.41, 5.74) is 3.36. The first-order chi connectivity index (χ1) is 12.3. The van der Waals surface area contributed by atoms with Crippen molar-refractivity contribution in [2.24, 2.45) is 0 Å². The molecule has 0 aliphatic heterocycles. The normalized spacial score (nSPS) is 10.1. The maximum absolute atomic E-state index is 12.6. The molecule has 0 saturated heterocycles. The minimum Gasteiger partial charge on any atom is -0.490 e. The SMILES string of the molecule is C=CCOc1cccc(C(=O)Nc2ccccc2-c2ccccc2)c1. The van der Waals surface area contributed by atoms with Gasteiger partial charge in [-0.15, -0.1) is 0 Å². The molecule has 1 N–H and O–H groups in total. The van der Waals surface area contributed by atoms with Gasteiger partial charge >= 0.3 is 0 Å². The second-order valence-corrected chi connectivity index (χ2v) is 5.49. The first-order valence-corrected chi connectivity index (χ1v) is 8.07. The van der Waals surface area contributed by atoms with Crippen molar-refractivity contribution in [2.45, 2.75) is 0 Å². The van der Waals surface area contributed by atoms with Crippen LogP contribution in [0.15, 0.2) is 91.5 Å². The molecule has 0 atom stereocenters. The zero-order valence-electron chi connectivity index (χ0n) is 13.8. The van der Waals surface area contributed by atoms with Gasteiger partial charge in [0.2, 0.25) is 0 Å². The van der Waals surface area contributed by atoms with Crippen LogP contribution in [-0.4, -0.2) is 12.5 Å². The second kappa shape index (κ2) is 7.97. The molecule has 3 nitrogen and oxygen atoms in total. The van der Waals surface area contributed by atoms with Crippen molar-refractivity contribution in [1.82, 2.24) is 0 Å². The van der Waals surface area contributed by atoms with E-state index in [0.29, 0.717) is 17.9 Å². The number of nitrogens with one attached hydrogen (secondary N) is 1. The van der Waals surface area contributed by atoms with E-state index in [1.54, 1.807) is 24.3 Å². The molecule has 0 saturated carbocycles. The zero-order valence-corrected chi connectivity index (χ0v) is 13.8. The molecule has 0 aliphatic rings. The van der Waals surface area contributed by atoms with Crippen LogP contribution in [0, 0.1) is 0 Å². The maximum Gasteiger partial charge on any atom is 0.255 e. The number of hydrogen-bond donors (Lipinski definition) is 1. The number of para-hydroxylation sites is 1. The smallest absolute Gasteiger partial charge is 0.255 e. The number of amides is 1. The van der Waals surface area contributed by atoms with Crippen LogP contribution in [0.1, 0.15) is 10.4 Å². The Balaban J connectivity index is 1.83. The van der Waals surface area contributed by atoms with Crippen molar-refractivity contribution >= 4 is 11.6 Å². The molecule has 124 valence electrons. The highest BCUT2D eigenvalue weighted by atomic mass is 16.5. The highest BCUT2D eigenvalue weighted by Gasteiger charge is 2.10. The molecule has 3 rings (SSSR count).